The monoisotopic (exact) mass is 822 g/mol. The topological polar surface area (TPSA) is 32.3 Å². The van der Waals surface area contributed by atoms with Gasteiger partial charge in [0, 0.05) is 35.1 Å². The molecule has 4 nitrogen and oxygen atoms in total. The van der Waals surface area contributed by atoms with Crippen molar-refractivity contribution in [3.63, 3.8) is 0 Å². The normalized spacial score (nSPS) is 11.4. The van der Waals surface area contributed by atoms with Gasteiger partial charge in [-0.05, 0) is 188 Å². The summed E-state index contributed by atoms with van der Waals surface area (Å²) in [6.07, 6.45) is 3.76. The van der Waals surface area contributed by atoms with Crippen molar-refractivity contribution in [2.24, 2.45) is 0 Å². The fourth-order valence-corrected chi connectivity index (χ4v) is 9.91. The molecule has 0 saturated heterocycles. The van der Waals surface area contributed by atoms with Crippen LogP contribution in [0.1, 0.15) is 22.3 Å². The highest BCUT2D eigenvalue weighted by atomic mass is 15.2. The molecule has 0 N–H and O–H groups in total. The quantitative estimate of drug-likeness (QED) is 0.143. The summed E-state index contributed by atoms with van der Waals surface area (Å²) in [5.41, 5.74) is 13.8. The Morgan fingerprint density at radius 2 is 0.688 bits per heavy atom. The fraction of sp³-hybridized carbons (Fsp3) is 0.0667. The van der Waals surface area contributed by atoms with E-state index in [2.05, 4.69) is 219 Å². The molecule has 0 aliphatic heterocycles. The first-order valence-corrected chi connectivity index (χ1v) is 22.0. The van der Waals surface area contributed by atoms with Gasteiger partial charge in [-0.15, -0.1) is 0 Å². The molecule has 2 heterocycles. The maximum atomic E-state index is 4.95. The van der Waals surface area contributed by atoms with Gasteiger partial charge in [-0.2, -0.15) is 0 Å². The van der Waals surface area contributed by atoms with Crippen molar-refractivity contribution in [3.8, 4) is 22.3 Å². The first-order valence-electron chi connectivity index (χ1n) is 22.0. The molecule has 64 heavy (non-hydrogen) atoms. The lowest BCUT2D eigenvalue weighted by atomic mass is 9.83. The van der Waals surface area contributed by atoms with Crippen LogP contribution in [0.25, 0.3) is 65.3 Å². The summed E-state index contributed by atoms with van der Waals surface area (Å²) in [5, 5.41) is 9.50. The Hall–Kier alpha value is -8.08. The molecule has 0 radical (unpaired) electrons. The first kappa shape index (κ1) is 38.8. The van der Waals surface area contributed by atoms with E-state index in [1.54, 1.807) is 0 Å². The molecule has 0 aliphatic rings. The zero-order valence-electron chi connectivity index (χ0n) is 36.4. The third-order valence-corrected chi connectivity index (χ3v) is 12.4. The predicted octanol–water partition coefficient (Wildman–Crippen LogP) is 16.6. The number of pyridine rings is 2. The summed E-state index contributed by atoms with van der Waals surface area (Å²) in [6.45, 7) is 8.66. The van der Waals surface area contributed by atoms with Crippen molar-refractivity contribution in [1.29, 1.82) is 0 Å². The minimum absolute atomic E-state index is 0.860. The summed E-state index contributed by atoms with van der Waals surface area (Å²) in [6, 6.07) is 70.8. The van der Waals surface area contributed by atoms with E-state index in [4.69, 9.17) is 9.97 Å². The molecule has 0 atom stereocenters. The van der Waals surface area contributed by atoms with Gasteiger partial charge >= 0.3 is 0 Å². The lowest BCUT2D eigenvalue weighted by Crippen LogP contribution is -2.12. The van der Waals surface area contributed by atoms with Crippen molar-refractivity contribution < 1.29 is 0 Å². The second-order valence-corrected chi connectivity index (χ2v) is 17.0. The molecule has 4 heteroatoms. The number of nitrogens with zero attached hydrogens (tertiary/aromatic N) is 4. The van der Waals surface area contributed by atoms with Gasteiger partial charge in [0.1, 0.15) is 11.6 Å². The lowest BCUT2D eigenvalue weighted by Gasteiger charge is -2.28. The summed E-state index contributed by atoms with van der Waals surface area (Å²) in [4.78, 5) is 14.5. The molecule has 2 aromatic heterocycles. The molecule has 306 valence electrons. The van der Waals surface area contributed by atoms with Crippen LogP contribution in [-0.2, 0) is 0 Å². The SMILES string of the molecule is Cc1cc(C)cc(N(c2ccc3c(-c4cccc5ccccc45)c4cc(N(c5cc(C)cc(C)c5)c5ccccn5)ccc4c(-c4cccc5ccccc45)c3c2)c2ccccn2)c1. The maximum absolute atomic E-state index is 4.95. The van der Waals surface area contributed by atoms with Crippen LogP contribution in [0.4, 0.5) is 34.4 Å². The second kappa shape index (κ2) is 16.0. The van der Waals surface area contributed by atoms with Gasteiger partial charge in [0.2, 0.25) is 0 Å². The summed E-state index contributed by atoms with van der Waals surface area (Å²) in [5.74, 6) is 1.72. The molecule has 0 saturated carbocycles. The molecule has 0 unspecified atom stereocenters. The molecule has 0 fully saturated rings. The van der Waals surface area contributed by atoms with E-state index in [0.29, 0.717) is 0 Å². The number of hydrogen-bond donors (Lipinski definition) is 0. The molecular formula is C60H46N4. The van der Waals surface area contributed by atoms with Gasteiger partial charge in [0.15, 0.2) is 0 Å². The minimum Gasteiger partial charge on any atom is -0.295 e. The highest BCUT2D eigenvalue weighted by Crippen LogP contribution is 2.50. The van der Waals surface area contributed by atoms with E-state index in [0.717, 1.165) is 34.4 Å². The molecule has 0 aliphatic carbocycles. The van der Waals surface area contributed by atoms with Crippen molar-refractivity contribution >= 4 is 77.5 Å². The molecule has 0 bridgehead atoms. The summed E-state index contributed by atoms with van der Waals surface area (Å²) < 4.78 is 0. The van der Waals surface area contributed by atoms with E-state index in [1.807, 2.05) is 24.5 Å². The van der Waals surface area contributed by atoms with E-state index in [-0.39, 0.29) is 0 Å². The maximum Gasteiger partial charge on any atom is 0.137 e. The standard InChI is InChI=1S/C60H46N4/c1-39-31-40(2)34-47(33-39)63(57-23-9-11-29-61-57)45-25-27-53-55(37-45)59(51-21-13-17-43-15-5-7-19-49(43)51)54-28-26-46(38-56(54)60(53)52-22-14-18-44-16-6-8-20-50(44)52)64(58-24-10-12-30-62-58)48-35-41(3)32-42(4)36-48/h5-38H,1-4H3. The van der Waals surface area contributed by atoms with Gasteiger partial charge in [-0.1, -0.05) is 121 Å². The van der Waals surface area contributed by atoms with Gasteiger partial charge < -0.3 is 0 Å². The number of fused-ring (bicyclic) bond motifs is 4. The Morgan fingerprint density at radius 1 is 0.297 bits per heavy atom. The number of anilines is 6. The lowest BCUT2D eigenvalue weighted by molar-refractivity contribution is 1.17. The summed E-state index contributed by atoms with van der Waals surface area (Å²) >= 11 is 0. The Kier molecular flexibility index (Phi) is 9.70. The van der Waals surface area contributed by atoms with Crippen molar-refractivity contribution in [3.05, 3.63) is 229 Å². The van der Waals surface area contributed by atoms with Gasteiger partial charge in [0.25, 0.3) is 0 Å². The molecule has 0 spiro atoms. The third kappa shape index (κ3) is 6.90. The Morgan fingerprint density at radius 3 is 1.09 bits per heavy atom. The Labute approximate surface area is 374 Å². The van der Waals surface area contributed by atoms with Crippen LogP contribution in [-0.4, -0.2) is 9.97 Å². The van der Waals surface area contributed by atoms with E-state index >= 15 is 0 Å². The predicted molar refractivity (Wildman–Crippen MR) is 271 cm³/mol. The van der Waals surface area contributed by atoms with Crippen molar-refractivity contribution in [1.82, 2.24) is 9.97 Å². The zero-order valence-corrected chi connectivity index (χ0v) is 36.4. The first-order chi connectivity index (χ1) is 31.4. The van der Waals surface area contributed by atoms with Crippen molar-refractivity contribution in [2.45, 2.75) is 27.7 Å². The van der Waals surface area contributed by atoms with E-state index < -0.39 is 0 Å². The molecule has 0 amide bonds. The van der Waals surface area contributed by atoms with Gasteiger partial charge in [-0.25, -0.2) is 9.97 Å². The van der Waals surface area contributed by atoms with Crippen LogP contribution in [0.15, 0.2) is 207 Å². The van der Waals surface area contributed by atoms with Crippen LogP contribution >= 0.6 is 0 Å². The van der Waals surface area contributed by atoms with E-state index in [9.17, 15) is 0 Å². The molecule has 11 aromatic rings. The number of rotatable bonds is 8. The zero-order chi connectivity index (χ0) is 43.3. The number of aryl methyl sites for hydroxylation is 4. The highest BCUT2D eigenvalue weighted by molar-refractivity contribution is 6.26. The Balaban J connectivity index is 1.30. The fourth-order valence-electron chi connectivity index (χ4n) is 9.91. The van der Waals surface area contributed by atoms with Crippen LogP contribution in [0.3, 0.4) is 0 Å². The average Bonchev–Trinajstić information content (AvgIpc) is 3.31. The van der Waals surface area contributed by atoms with Crippen LogP contribution in [0.5, 0.6) is 0 Å². The van der Waals surface area contributed by atoms with E-state index in [1.165, 1.54) is 87.6 Å². The van der Waals surface area contributed by atoms with Gasteiger partial charge in [0.05, 0.1) is 0 Å². The average molecular weight is 823 g/mol. The summed E-state index contributed by atoms with van der Waals surface area (Å²) in [7, 11) is 0. The molecule has 11 rings (SSSR count). The number of benzene rings is 9. The minimum atomic E-state index is 0.860. The highest BCUT2D eigenvalue weighted by Gasteiger charge is 2.24. The molecular weight excluding hydrogens is 777 g/mol. The third-order valence-electron chi connectivity index (χ3n) is 12.4. The van der Waals surface area contributed by atoms with Crippen molar-refractivity contribution in [2.75, 3.05) is 9.80 Å². The van der Waals surface area contributed by atoms with Gasteiger partial charge in [-0.3, -0.25) is 9.80 Å². The smallest absolute Gasteiger partial charge is 0.137 e. The number of aromatic nitrogens is 2. The van der Waals surface area contributed by atoms with Crippen LogP contribution < -0.4 is 9.80 Å². The largest absolute Gasteiger partial charge is 0.295 e. The van der Waals surface area contributed by atoms with Crippen LogP contribution in [0.2, 0.25) is 0 Å². The number of hydrogen-bond acceptors (Lipinski definition) is 4. The second-order valence-electron chi connectivity index (χ2n) is 17.0. The van der Waals surface area contributed by atoms with Crippen LogP contribution in [0, 0.1) is 27.7 Å². The molecule has 9 aromatic carbocycles. The Bertz CT molecular complexity index is 3270.